The number of hydrogen-bond acceptors (Lipinski definition) is 6. The number of hydrogen-bond donors (Lipinski definition) is 3. The van der Waals surface area contributed by atoms with Crippen molar-refractivity contribution in [2.75, 3.05) is 24.9 Å². The lowest BCUT2D eigenvalue weighted by Crippen LogP contribution is -2.30. The number of carbonyl (C=O) groups is 3. The standard InChI is InChI=1S/C33H29ClFN3O5S/c1-20(31(39)36-24-13-14-27(35)26(34)19-24)44-25-11-7-10-23(18-25)37-33(41)28(38-32(40)22-8-5-4-6-9-22)16-21-12-15-29(42-2)30(17-21)43-3/h4-20H,1-3H3,(H,36,39)(H,37,41)(H,38,40)/b28-16+. The molecule has 0 aliphatic carbocycles. The second-order valence-corrected chi connectivity index (χ2v) is 11.2. The molecule has 3 amide bonds. The van der Waals surface area contributed by atoms with Crippen LogP contribution >= 0.6 is 23.4 Å². The third-order valence-corrected chi connectivity index (χ3v) is 7.59. The molecule has 8 nitrogen and oxygen atoms in total. The maximum Gasteiger partial charge on any atom is 0.272 e. The molecule has 0 spiro atoms. The minimum absolute atomic E-state index is 0.00478. The molecule has 4 rings (SSSR count). The average molecular weight is 634 g/mol. The summed E-state index contributed by atoms with van der Waals surface area (Å²) in [5.74, 6) is -0.934. The first-order chi connectivity index (χ1) is 21.2. The Bertz CT molecular complexity index is 1700. The van der Waals surface area contributed by atoms with Crippen molar-refractivity contribution in [1.82, 2.24) is 5.32 Å². The molecule has 3 N–H and O–H groups in total. The third-order valence-electron chi connectivity index (χ3n) is 6.21. The van der Waals surface area contributed by atoms with E-state index in [4.69, 9.17) is 21.1 Å². The zero-order chi connectivity index (χ0) is 31.6. The Labute approximate surface area is 263 Å². The van der Waals surface area contributed by atoms with E-state index < -0.39 is 22.9 Å². The Morgan fingerprint density at radius 2 is 1.57 bits per heavy atom. The zero-order valence-corrected chi connectivity index (χ0v) is 25.6. The van der Waals surface area contributed by atoms with Crippen LogP contribution in [0.2, 0.25) is 5.02 Å². The summed E-state index contributed by atoms with van der Waals surface area (Å²) in [7, 11) is 3.03. The highest BCUT2D eigenvalue weighted by atomic mass is 35.5. The number of methoxy groups -OCH3 is 2. The quantitative estimate of drug-likeness (QED) is 0.121. The van der Waals surface area contributed by atoms with Crippen LogP contribution < -0.4 is 25.4 Å². The van der Waals surface area contributed by atoms with Gasteiger partial charge in [0, 0.05) is 21.8 Å². The maximum atomic E-state index is 13.5. The van der Waals surface area contributed by atoms with Gasteiger partial charge in [0.05, 0.1) is 24.5 Å². The number of benzene rings is 4. The number of rotatable bonds is 11. The summed E-state index contributed by atoms with van der Waals surface area (Å²) in [6, 6.07) is 24.5. The Balaban J connectivity index is 1.51. The molecular formula is C33H29ClFN3O5S. The van der Waals surface area contributed by atoms with E-state index in [2.05, 4.69) is 16.0 Å². The SMILES string of the molecule is COc1ccc(/C=C(/NC(=O)c2ccccc2)C(=O)Nc2cccc(SC(C)C(=O)Nc3ccc(F)c(Cl)c3)c2)cc1OC. The summed E-state index contributed by atoms with van der Waals surface area (Å²) in [6.07, 6.45) is 1.53. The van der Waals surface area contributed by atoms with Crippen molar-refractivity contribution in [3.63, 3.8) is 0 Å². The first-order valence-electron chi connectivity index (χ1n) is 13.3. The fraction of sp³-hybridized carbons (Fsp3) is 0.121. The molecule has 0 saturated carbocycles. The summed E-state index contributed by atoms with van der Waals surface area (Å²) in [4.78, 5) is 39.9. The lowest BCUT2D eigenvalue weighted by Gasteiger charge is -2.14. The molecule has 4 aromatic carbocycles. The van der Waals surface area contributed by atoms with E-state index in [1.54, 1.807) is 79.7 Å². The van der Waals surface area contributed by atoms with E-state index in [1.165, 1.54) is 50.3 Å². The molecule has 1 unspecified atom stereocenters. The molecule has 4 aromatic rings. The van der Waals surface area contributed by atoms with Crippen LogP contribution in [0.3, 0.4) is 0 Å². The average Bonchev–Trinajstić information content (AvgIpc) is 3.02. The van der Waals surface area contributed by atoms with Crippen molar-refractivity contribution < 1.29 is 28.2 Å². The van der Waals surface area contributed by atoms with Gasteiger partial charge in [-0.2, -0.15) is 0 Å². The van der Waals surface area contributed by atoms with Crippen LogP contribution in [0.4, 0.5) is 15.8 Å². The van der Waals surface area contributed by atoms with Crippen molar-refractivity contribution >= 4 is 58.5 Å². The van der Waals surface area contributed by atoms with E-state index in [0.29, 0.717) is 38.9 Å². The molecule has 0 bridgehead atoms. The number of carbonyl (C=O) groups excluding carboxylic acids is 3. The summed E-state index contributed by atoms with van der Waals surface area (Å²) in [5.41, 5.74) is 1.79. The molecule has 0 heterocycles. The van der Waals surface area contributed by atoms with Crippen molar-refractivity contribution in [1.29, 1.82) is 0 Å². The number of halogens is 2. The molecule has 226 valence electrons. The Kier molecular flexibility index (Phi) is 11.0. The molecule has 0 fully saturated rings. The van der Waals surface area contributed by atoms with Crippen molar-refractivity contribution in [3.05, 3.63) is 119 Å². The molecule has 0 aliphatic rings. The van der Waals surface area contributed by atoms with Gasteiger partial charge in [-0.3, -0.25) is 14.4 Å². The number of nitrogens with one attached hydrogen (secondary N) is 3. The Morgan fingerprint density at radius 1 is 0.841 bits per heavy atom. The topological polar surface area (TPSA) is 106 Å². The second kappa shape index (κ2) is 15.1. The molecule has 0 radical (unpaired) electrons. The summed E-state index contributed by atoms with van der Waals surface area (Å²) in [5, 5.41) is 7.62. The van der Waals surface area contributed by atoms with E-state index in [0.717, 1.165) is 0 Å². The second-order valence-electron chi connectivity index (χ2n) is 9.35. The van der Waals surface area contributed by atoms with Crippen LogP contribution in [0.25, 0.3) is 6.08 Å². The van der Waals surface area contributed by atoms with Gasteiger partial charge in [-0.05, 0) is 79.2 Å². The van der Waals surface area contributed by atoms with E-state index >= 15 is 0 Å². The van der Waals surface area contributed by atoms with Gasteiger partial charge in [0.25, 0.3) is 11.8 Å². The predicted octanol–water partition coefficient (Wildman–Crippen LogP) is 7.03. The monoisotopic (exact) mass is 633 g/mol. The fourth-order valence-corrected chi connectivity index (χ4v) is 5.08. The van der Waals surface area contributed by atoms with Gasteiger partial charge in [0.1, 0.15) is 11.5 Å². The summed E-state index contributed by atoms with van der Waals surface area (Å²) >= 11 is 7.08. The van der Waals surface area contributed by atoms with E-state index in [-0.39, 0.29) is 16.6 Å². The van der Waals surface area contributed by atoms with Crippen LogP contribution in [-0.4, -0.2) is 37.2 Å². The predicted molar refractivity (Wildman–Crippen MR) is 172 cm³/mol. The Morgan fingerprint density at radius 3 is 2.27 bits per heavy atom. The first-order valence-corrected chi connectivity index (χ1v) is 14.6. The Hall–Kier alpha value is -4.80. The highest BCUT2D eigenvalue weighted by Gasteiger charge is 2.18. The van der Waals surface area contributed by atoms with E-state index in [1.807, 2.05) is 0 Å². The van der Waals surface area contributed by atoms with Gasteiger partial charge < -0.3 is 25.4 Å². The van der Waals surface area contributed by atoms with Crippen LogP contribution in [0, 0.1) is 5.82 Å². The van der Waals surface area contributed by atoms with Gasteiger partial charge in [-0.1, -0.05) is 41.9 Å². The van der Waals surface area contributed by atoms with Crippen molar-refractivity contribution in [2.45, 2.75) is 17.1 Å². The first kappa shape index (κ1) is 32.1. The van der Waals surface area contributed by atoms with Crippen LogP contribution in [0.1, 0.15) is 22.8 Å². The number of amides is 3. The highest BCUT2D eigenvalue weighted by Crippen LogP contribution is 2.29. The molecule has 44 heavy (non-hydrogen) atoms. The maximum absolute atomic E-state index is 13.5. The number of anilines is 2. The lowest BCUT2D eigenvalue weighted by molar-refractivity contribution is -0.115. The van der Waals surface area contributed by atoms with Crippen molar-refractivity contribution in [3.8, 4) is 11.5 Å². The minimum atomic E-state index is -0.577. The molecule has 0 aromatic heterocycles. The van der Waals surface area contributed by atoms with Crippen molar-refractivity contribution in [2.24, 2.45) is 0 Å². The molecule has 0 aliphatic heterocycles. The largest absolute Gasteiger partial charge is 0.493 e. The fourth-order valence-electron chi connectivity index (χ4n) is 3.97. The number of ether oxygens (including phenoxy) is 2. The minimum Gasteiger partial charge on any atom is -0.493 e. The van der Waals surface area contributed by atoms with Gasteiger partial charge in [-0.15, -0.1) is 11.8 Å². The molecular weight excluding hydrogens is 605 g/mol. The van der Waals surface area contributed by atoms with Gasteiger partial charge in [0.2, 0.25) is 5.91 Å². The smallest absolute Gasteiger partial charge is 0.272 e. The van der Waals surface area contributed by atoms with Crippen LogP contribution in [-0.2, 0) is 9.59 Å². The highest BCUT2D eigenvalue weighted by molar-refractivity contribution is 8.00. The van der Waals surface area contributed by atoms with Gasteiger partial charge >= 0.3 is 0 Å². The van der Waals surface area contributed by atoms with Crippen LogP contribution in [0.15, 0.2) is 102 Å². The van der Waals surface area contributed by atoms with Crippen LogP contribution in [0.5, 0.6) is 11.5 Å². The van der Waals surface area contributed by atoms with Gasteiger partial charge in [0.15, 0.2) is 11.5 Å². The molecule has 11 heteroatoms. The third kappa shape index (κ3) is 8.62. The summed E-state index contributed by atoms with van der Waals surface area (Å²) < 4.78 is 24.1. The number of thioether (sulfide) groups is 1. The lowest BCUT2D eigenvalue weighted by atomic mass is 10.1. The molecule has 0 saturated heterocycles. The molecule has 1 atom stereocenters. The normalized spacial score (nSPS) is 11.7. The summed E-state index contributed by atoms with van der Waals surface area (Å²) in [6.45, 7) is 1.72. The van der Waals surface area contributed by atoms with E-state index in [9.17, 15) is 18.8 Å². The zero-order valence-electron chi connectivity index (χ0n) is 24.0. The van der Waals surface area contributed by atoms with Gasteiger partial charge in [-0.25, -0.2) is 4.39 Å².